The van der Waals surface area contributed by atoms with Gasteiger partial charge in [-0.15, -0.1) is 0 Å². The van der Waals surface area contributed by atoms with Crippen molar-refractivity contribution in [3.05, 3.63) is 24.2 Å². The van der Waals surface area contributed by atoms with E-state index in [4.69, 9.17) is 10.2 Å². The fourth-order valence-electron chi connectivity index (χ4n) is 2.20. The quantitative estimate of drug-likeness (QED) is 0.515. The van der Waals surface area contributed by atoms with Crippen molar-refractivity contribution in [2.24, 2.45) is 5.73 Å². The number of imide groups is 1. The van der Waals surface area contributed by atoms with Crippen LogP contribution >= 0.6 is 0 Å². The van der Waals surface area contributed by atoms with E-state index in [0.717, 1.165) is 19.3 Å². The van der Waals surface area contributed by atoms with Crippen LogP contribution in [0.4, 0.5) is 4.79 Å². The average molecular weight is 251 g/mol. The number of urea groups is 1. The first-order valence-corrected chi connectivity index (χ1v) is 6.07. The smallest absolute Gasteiger partial charge is 0.322 e. The molecule has 0 saturated carbocycles. The SMILES string of the molecule is NCCCCC[C@]1(c2ccco2)NC(=O)NC1=O. The molecule has 0 aromatic carbocycles. The first kappa shape index (κ1) is 12.6. The van der Waals surface area contributed by atoms with E-state index >= 15 is 0 Å². The van der Waals surface area contributed by atoms with Crippen molar-refractivity contribution in [1.29, 1.82) is 0 Å². The first-order valence-electron chi connectivity index (χ1n) is 6.07. The van der Waals surface area contributed by atoms with Gasteiger partial charge in [0, 0.05) is 0 Å². The van der Waals surface area contributed by atoms with Crippen LogP contribution in [0.2, 0.25) is 0 Å². The van der Waals surface area contributed by atoms with Gasteiger partial charge in [0.05, 0.1) is 6.26 Å². The molecule has 1 saturated heterocycles. The Morgan fingerprint density at radius 1 is 1.28 bits per heavy atom. The zero-order chi connectivity index (χ0) is 13.0. The third kappa shape index (κ3) is 2.24. The molecule has 3 amide bonds. The summed E-state index contributed by atoms with van der Waals surface area (Å²) < 4.78 is 5.30. The molecule has 4 N–H and O–H groups in total. The second kappa shape index (κ2) is 5.22. The maximum atomic E-state index is 12.0. The van der Waals surface area contributed by atoms with E-state index in [9.17, 15) is 9.59 Å². The lowest BCUT2D eigenvalue weighted by molar-refractivity contribution is -0.125. The maximum Gasteiger partial charge on any atom is 0.322 e. The molecular formula is C12H17N3O3. The molecule has 1 aliphatic rings. The van der Waals surface area contributed by atoms with Crippen molar-refractivity contribution in [2.45, 2.75) is 31.2 Å². The van der Waals surface area contributed by atoms with Crippen LogP contribution in [-0.4, -0.2) is 18.5 Å². The standard InChI is InChI=1S/C12H17N3O3/c13-7-3-1-2-6-12(9-5-4-8-18-9)10(16)14-11(17)15-12/h4-5,8H,1-3,6-7,13H2,(H2,14,15,16,17)/t12-/m1/s1. The van der Waals surface area contributed by atoms with E-state index in [0.29, 0.717) is 18.7 Å². The number of amides is 3. The number of carbonyl (C=O) groups excluding carboxylic acids is 2. The van der Waals surface area contributed by atoms with E-state index in [1.807, 2.05) is 0 Å². The number of nitrogens with two attached hydrogens (primary N) is 1. The summed E-state index contributed by atoms with van der Waals surface area (Å²) in [5, 5.41) is 4.94. The van der Waals surface area contributed by atoms with Crippen molar-refractivity contribution >= 4 is 11.9 Å². The molecule has 0 unspecified atom stereocenters. The first-order chi connectivity index (χ1) is 8.69. The lowest BCUT2D eigenvalue weighted by Crippen LogP contribution is -2.43. The van der Waals surface area contributed by atoms with E-state index in [1.165, 1.54) is 6.26 Å². The molecule has 18 heavy (non-hydrogen) atoms. The largest absolute Gasteiger partial charge is 0.466 e. The lowest BCUT2D eigenvalue weighted by Gasteiger charge is -2.23. The Morgan fingerprint density at radius 3 is 2.67 bits per heavy atom. The fourth-order valence-corrected chi connectivity index (χ4v) is 2.20. The average Bonchev–Trinajstić information content (AvgIpc) is 2.94. The third-order valence-electron chi connectivity index (χ3n) is 3.14. The molecule has 0 spiro atoms. The van der Waals surface area contributed by atoms with Crippen LogP contribution in [0.25, 0.3) is 0 Å². The van der Waals surface area contributed by atoms with Crippen LogP contribution in [0.3, 0.4) is 0 Å². The minimum absolute atomic E-state index is 0.352. The van der Waals surface area contributed by atoms with Crippen molar-refractivity contribution in [3.8, 4) is 0 Å². The lowest BCUT2D eigenvalue weighted by atomic mass is 9.89. The summed E-state index contributed by atoms with van der Waals surface area (Å²) in [7, 11) is 0. The van der Waals surface area contributed by atoms with Gasteiger partial charge in [0.2, 0.25) is 0 Å². The summed E-state index contributed by atoms with van der Waals surface area (Å²) in [6, 6.07) is 2.93. The van der Waals surface area contributed by atoms with Crippen molar-refractivity contribution in [3.63, 3.8) is 0 Å². The Kier molecular flexibility index (Phi) is 3.66. The van der Waals surface area contributed by atoms with Gasteiger partial charge >= 0.3 is 6.03 Å². The van der Waals surface area contributed by atoms with E-state index in [1.54, 1.807) is 12.1 Å². The molecule has 1 aromatic rings. The molecule has 1 aliphatic heterocycles. The second-order valence-electron chi connectivity index (χ2n) is 4.39. The number of rotatable bonds is 6. The molecule has 98 valence electrons. The zero-order valence-electron chi connectivity index (χ0n) is 10.1. The van der Waals surface area contributed by atoms with E-state index in [2.05, 4.69) is 10.6 Å². The second-order valence-corrected chi connectivity index (χ2v) is 4.39. The minimum atomic E-state index is -1.06. The monoisotopic (exact) mass is 251 g/mol. The van der Waals surface area contributed by atoms with Crippen molar-refractivity contribution < 1.29 is 14.0 Å². The Labute approximate surface area is 105 Å². The number of hydrogen-bond donors (Lipinski definition) is 3. The molecule has 1 atom stereocenters. The predicted molar refractivity (Wildman–Crippen MR) is 64.6 cm³/mol. The molecule has 6 heteroatoms. The van der Waals surface area contributed by atoms with Gasteiger partial charge in [0.15, 0.2) is 5.54 Å². The zero-order valence-corrected chi connectivity index (χ0v) is 10.1. The highest BCUT2D eigenvalue weighted by Gasteiger charge is 2.49. The summed E-state index contributed by atoms with van der Waals surface area (Å²) >= 11 is 0. The number of carbonyl (C=O) groups is 2. The van der Waals surface area contributed by atoms with Gasteiger partial charge in [-0.2, -0.15) is 0 Å². The van der Waals surface area contributed by atoms with E-state index in [-0.39, 0.29) is 5.91 Å². The van der Waals surface area contributed by atoms with Gasteiger partial charge in [-0.05, 0) is 31.5 Å². The predicted octanol–water partition coefficient (Wildman–Crippen LogP) is 0.833. The van der Waals surface area contributed by atoms with Crippen LogP contribution in [0.1, 0.15) is 31.4 Å². The summed E-state index contributed by atoms with van der Waals surface area (Å²) in [6.07, 6.45) is 4.63. The van der Waals surface area contributed by atoms with Crippen LogP contribution < -0.4 is 16.4 Å². The van der Waals surface area contributed by atoms with Gasteiger partial charge in [-0.3, -0.25) is 10.1 Å². The van der Waals surface area contributed by atoms with Crippen LogP contribution in [0, 0.1) is 0 Å². The topological polar surface area (TPSA) is 97.4 Å². The highest BCUT2D eigenvalue weighted by Crippen LogP contribution is 2.31. The Bertz CT molecular complexity index is 430. The fraction of sp³-hybridized carbons (Fsp3) is 0.500. The Morgan fingerprint density at radius 2 is 2.11 bits per heavy atom. The summed E-state index contributed by atoms with van der Waals surface area (Å²) in [6.45, 7) is 0.631. The normalized spacial score (nSPS) is 22.9. The van der Waals surface area contributed by atoms with Gasteiger partial charge in [-0.25, -0.2) is 4.79 Å². The minimum Gasteiger partial charge on any atom is -0.466 e. The number of nitrogens with one attached hydrogen (secondary N) is 2. The van der Waals surface area contributed by atoms with Crippen molar-refractivity contribution in [1.82, 2.24) is 10.6 Å². The Hall–Kier alpha value is -1.82. The maximum absolute atomic E-state index is 12.0. The summed E-state index contributed by atoms with van der Waals surface area (Å²) in [5.41, 5.74) is 4.37. The molecule has 1 fully saturated rings. The van der Waals surface area contributed by atoms with Crippen LogP contribution in [0.15, 0.2) is 22.8 Å². The molecule has 2 heterocycles. The van der Waals surface area contributed by atoms with Gasteiger partial charge in [0.25, 0.3) is 5.91 Å². The van der Waals surface area contributed by atoms with Gasteiger partial charge in [-0.1, -0.05) is 12.8 Å². The molecule has 0 bridgehead atoms. The van der Waals surface area contributed by atoms with Gasteiger partial charge < -0.3 is 15.5 Å². The third-order valence-corrected chi connectivity index (χ3v) is 3.14. The van der Waals surface area contributed by atoms with Crippen LogP contribution in [0.5, 0.6) is 0 Å². The highest BCUT2D eigenvalue weighted by molar-refractivity contribution is 6.07. The van der Waals surface area contributed by atoms with Gasteiger partial charge in [0.1, 0.15) is 5.76 Å². The number of furan rings is 1. The molecule has 0 radical (unpaired) electrons. The molecule has 2 rings (SSSR count). The Balaban J connectivity index is 2.14. The highest BCUT2D eigenvalue weighted by atomic mass is 16.3. The molecular weight excluding hydrogens is 234 g/mol. The number of unbranched alkanes of at least 4 members (excludes halogenated alkanes) is 2. The number of hydrogen-bond acceptors (Lipinski definition) is 4. The molecule has 6 nitrogen and oxygen atoms in total. The summed E-state index contributed by atoms with van der Waals surface area (Å²) in [5.74, 6) is 0.119. The van der Waals surface area contributed by atoms with Crippen LogP contribution in [-0.2, 0) is 10.3 Å². The molecule has 0 aliphatic carbocycles. The van der Waals surface area contributed by atoms with Crippen molar-refractivity contribution in [2.75, 3.05) is 6.54 Å². The summed E-state index contributed by atoms with van der Waals surface area (Å²) in [4.78, 5) is 23.3. The van der Waals surface area contributed by atoms with E-state index < -0.39 is 11.6 Å². The molecule has 1 aromatic heterocycles.